The number of carboxylic acid groups (broad SMARTS) is 1. The molecule has 0 aliphatic rings. The van der Waals surface area contributed by atoms with Gasteiger partial charge in [-0.05, 0) is 30.2 Å². The smallest absolute Gasteiger partial charge is 0.328 e. The lowest BCUT2D eigenvalue weighted by Gasteiger charge is -1.99. The van der Waals surface area contributed by atoms with E-state index in [1.54, 1.807) is 25.1 Å². The zero-order valence-corrected chi connectivity index (χ0v) is 7.88. The molecule has 0 atom stereocenters. The van der Waals surface area contributed by atoms with Gasteiger partial charge in [0.2, 0.25) is 0 Å². The van der Waals surface area contributed by atoms with Crippen LogP contribution < -0.4 is 0 Å². The lowest BCUT2D eigenvalue weighted by Crippen LogP contribution is -1.89. The summed E-state index contributed by atoms with van der Waals surface area (Å²) in [7, 11) is 0. The highest BCUT2D eigenvalue weighted by molar-refractivity contribution is 6.30. The van der Waals surface area contributed by atoms with Gasteiger partial charge in [0.15, 0.2) is 0 Å². The van der Waals surface area contributed by atoms with Crippen molar-refractivity contribution in [1.82, 2.24) is 0 Å². The van der Waals surface area contributed by atoms with Crippen molar-refractivity contribution >= 4 is 23.1 Å². The SMILES string of the molecule is CC(=CC(=O)O)c1cccc(Cl)c1. The molecule has 0 spiro atoms. The molecule has 1 rings (SSSR count). The molecule has 0 fully saturated rings. The highest BCUT2D eigenvalue weighted by Gasteiger charge is 1.98. The van der Waals surface area contributed by atoms with E-state index in [0.29, 0.717) is 10.6 Å². The lowest BCUT2D eigenvalue weighted by atomic mass is 10.1. The Balaban J connectivity index is 3.02. The van der Waals surface area contributed by atoms with E-state index in [1.807, 2.05) is 6.07 Å². The largest absolute Gasteiger partial charge is 0.478 e. The van der Waals surface area contributed by atoms with Crippen LogP contribution in [-0.4, -0.2) is 11.1 Å². The Hall–Kier alpha value is -1.28. The van der Waals surface area contributed by atoms with Gasteiger partial charge in [-0.3, -0.25) is 0 Å². The second-order valence-electron chi connectivity index (χ2n) is 2.68. The van der Waals surface area contributed by atoms with Crippen molar-refractivity contribution in [1.29, 1.82) is 0 Å². The van der Waals surface area contributed by atoms with Crippen molar-refractivity contribution in [2.75, 3.05) is 0 Å². The number of benzene rings is 1. The first-order valence-corrected chi connectivity index (χ1v) is 4.14. The average Bonchev–Trinajstić information content (AvgIpc) is 2.03. The highest BCUT2D eigenvalue weighted by atomic mass is 35.5. The van der Waals surface area contributed by atoms with E-state index in [-0.39, 0.29) is 0 Å². The topological polar surface area (TPSA) is 37.3 Å². The molecule has 0 heterocycles. The first-order valence-electron chi connectivity index (χ1n) is 3.77. The van der Waals surface area contributed by atoms with Gasteiger partial charge in [0.05, 0.1) is 0 Å². The summed E-state index contributed by atoms with van der Waals surface area (Å²) in [5.74, 6) is -0.947. The quantitative estimate of drug-likeness (QED) is 0.739. The van der Waals surface area contributed by atoms with E-state index in [1.165, 1.54) is 0 Å². The molecule has 0 amide bonds. The Labute approximate surface area is 81.5 Å². The number of hydrogen-bond donors (Lipinski definition) is 1. The standard InChI is InChI=1S/C10H9ClO2/c1-7(5-10(12)13)8-3-2-4-9(11)6-8/h2-6H,1H3,(H,12,13). The van der Waals surface area contributed by atoms with Gasteiger partial charge < -0.3 is 5.11 Å². The number of hydrogen-bond acceptors (Lipinski definition) is 1. The minimum absolute atomic E-state index is 0.607. The normalized spacial score (nSPS) is 11.4. The monoisotopic (exact) mass is 196 g/mol. The van der Waals surface area contributed by atoms with Crippen molar-refractivity contribution in [3.63, 3.8) is 0 Å². The summed E-state index contributed by atoms with van der Waals surface area (Å²) in [4.78, 5) is 10.4. The summed E-state index contributed by atoms with van der Waals surface area (Å²) in [5.41, 5.74) is 1.52. The summed E-state index contributed by atoms with van der Waals surface area (Å²) < 4.78 is 0. The summed E-state index contributed by atoms with van der Waals surface area (Å²) in [6, 6.07) is 7.09. The summed E-state index contributed by atoms with van der Waals surface area (Å²) in [5, 5.41) is 9.11. The fraction of sp³-hybridized carbons (Fsp3) is 0.100. The molecule has 2 nitrogen and oxygen atoms in total. The van der Waals surface area contributed by atoms with Gasteiger partial charge in [-0.1, -0.05) is 23.7 Å². The molecule has 0 saturated heterocycles. The van der Waals surface area contributed by atoms with Crippen LogP contribution in [0.3, 0.4) is 0 Å². The predicted octanol–water partition coefficient (Wildman–Crippen LogP) is 2.83. The Morgan fingerprint density at radius 3 is 2.77 bits per heavy atom. The van der Waals surface area contributed by atoms with Crippen LogP contribution in [0.1, 0.15) is 12.5 Å². The van der Waals surface area contributed by atoms with Gasteiger partial charge >= 0.3 is 5.97 Å². The van der Waals surface area contributed by atoms with Crippen LogP contribution in [0.4, 0.5) is 0 Å². The molecule has 0 aromatic heterocycles. The lowest BCUT2D eigenvalue weighted by molar-refractivity contribution is -0.131. The molecular weight excluding hydrogens is 188 g/mol. The first kappa shape index (κ1) is 9.81. The van der Waals surface area contributed by atoms with Crippen LogP contribution in [0.5, 0.6) is 0 Å². The van der Waals surface area contributed by atoms with E-state index < -0.39 is 5.97 Å². The number of halogens is 1. The molecule has 3 heteroatoms. The summed E-state index contributed by atoms with van der Waals surface area (Å²) >= 11 is 5.75. The molecule has 0 radical (unpaired) electrons. The number of carboxylic acids is 1. The van der Waals surface area contributed by atoms with Crippen LogP contribution in [0.2, 0.25) is 5.02 Å². The third-order valence-corrected chi connectivity index (χ3v) is 1.86. The number of rotatable bonds is 2. The maximum atomic E-state index is 10.4. The molecule has 0 bridgehead atoms. The minimum atomic E-state index is -0.947. The van der Waals surface area contributed by atoms with Gasteiger partial charge in [0.1, 0.15) is 0 Å². The minimum Gasteiger partial charge on any atom is -0.478 e. The molecular formula is C10H9ClO2. The van der Waals surface area contributed by atoms with Crippen LogP contribution in [0.15, 0.2) is 30.3 Å². The van der Waals surface area contributed by atoms with Gasteiger partial charge in [0.25, 0.3) is 0 Å². The second kappa shape index (κ2) is 4.10. The fourth-order valence-corrected chi connectivity index (χ4v) is 1.19. The zero-order chi connectivity index (χ0) is 9.84. The second-order valence-corrected chi connectivity index (χ2v) is 3.11. The molecule has 1 aromatic rings. The Kier molecular flexibility index (Phi) is 3.09. The van der Waals surface area contributed by atoms with Gasteiger partial charge in [0, 0.05) is 11.1 Å². The maximum absolute atomic E-state index is 10.4. The van der Waals surface area contributed by atoms with Crippen molar-refractivity contribution in [2.45, 2.75) is 6.92 Å². The number of carbonyl (C=O) groups is 1. The molecule has 1 N–H and O–H groups in total. The average molecular weight is 197 g/mol. The molecule has 68 valence electrons. The molecule has 0 aliphatic heterocycles. The molecule has 0 saturated carbocycles. The molecule has 1 aromatic carbocycles. The Bertz CT molecular complexity index is 356. The van der Waals surface area contributed by atoms with Crippen LogP contribution >= 0.6 is 11.6 Å². The van der Waals surface area contributed by atoms with E-state index in [2.05, 4.69) is 0 Å². The first-order chi connectivity index (χ1) is 6.09. The van der Waals surface area contributed by atoms with E-state index in [9.17, 15) is 4.79 Å². The summed E-state index contributed by atoms with van der Waals surface area (Å²) in [6.45, 7) is 1.74. The third-order valence-electron chi connectivity index (χ3n) is 1.62. The van der Waals surface area contributed by atoms with E-state index in [0.717, 1.165) is 11.6 Å². The fourth-order valence-electron chi connectivity index (χ4n) is 1.00. The zero-order valence-electron chi connectivity index (χ0n) is 7.12. The van der Waals surface area contributed by atoms with Crippen LogP contribution in [0.25, 0.3) is 5.57 Å². The predicted molar refractivity (Wildman–Crippen MR) is 52.7 cm³/mol. The van der Waals surface area contributed by atoms with Crippen molar-refractivity contribution < 1.29 is 9.90 Å². The van der Waals surface area contributed by atoms with Crippen molar-refractivity contribution in [3.8, 4) is 0 Å². The van der Waals surface area contributed by atoms with E-state index >= 15 is 0 Å². The molecule has 0 unspecified atom stereocenters. The number of allylic oxidation sites excluding steroid dienone is 1. The van der Waals surface area contributed by atoms with Crippen molar-refractivity contribution in [3.05, 3.63) is 40.9 Å². The number of aliphatic carboxylic acids is 1. The van der Waals surface area contributed by atoms with Gasteiger partial charge in [-0.2, -0.15) is 0 Å². The molecule has 0 aliphatic carbocycles. The summed E-state index contributed by atoms with van der Waals surface area (Å²) in [6.07, 6.45) is 1.16. The van der Waals surface area contributed by atoms with E-state index in [4.69, 9.17) is 16.7 Å². The van der Waals surface area contributed by atoms with Crippen LogP contribution in [0, 0.1) is 0 Å². The highest BCUT2D eigenvalue weighted by Crippen LogP contribution is 2.17. The molecule has 13 heavy (non-hydrogen) atoms. The van der Waals surface area contributed by atoms with Gasteiger partial charge in [-0.25, -0.2) is 4.79 Å². The Morgan fingerprint density at radius 2 is 2.23 bits per heavy atom. The Morgan fingerprint density at radius 1 is 1.54 bits per heavy atom. The van der Waals surface area contributed by atoms with Crippen molar-refractivity contribution in [2.24, 2.45) is 0 Å². The van der Waals surface area contributed by atoms with Gasteiger partial charge in [-0.15, -0.1) is 0 Å². The van der Waals surface area contributed by atoms with Crippen LogP contribution in [-0.2, 0) is 4.79 Å². The third kappa shape index (κ3) is 2.92. The maximum Gasteiger partial charge on any atom is 0.328 e.